The summed E-state index contributed by atoms with van der Waals surface area (Å²) >= 11 is 0. The third kappa shape index (κ3) is 1.88. The van der Waals surface area contributed by atoms with Crippen LogP contribution >= 0.6 is 0 Å². The first-order chi connectivity index (χ1) is 7.59. The van der Waals surface area contributed by atoms with Gasteiger partial charge in [0.1, 0.15) is 0 Å². The fourth-order valence-electron chi connectivity index (χ4n) is 1.96. The minimum absolute atomic E-state index is 0.232. The molecule has 0 aliphatic carbocycles. The number of amides is 1. The molecule has 1 unspecified atom stereocenters. The van der Waals surface area contributed by atoms with Gasteiger partial charge in [-0.3, -0.25) is 4.79 Å². The van der Waals surface area contributed by atoms with E-state index in [-0.39, 0.29) is 11.8 Å². The van der Waals surface area contributed by atoms with E-state index in [4.69, 9.17) is 0 Å². The van der Waals surface area contributed by atoms with Gasteiger partial charge in [-0.05, 0) is 13.0 Å². The van der Waals surface area contributed by atoms with Crippen LogP contribution in [0.3, 0.4) is 0 Å². The van der Waals surface area contributed by atoms with Crippen LogP contribution in [-0.2, 0) is 4.79 Å². The first-order valence-electron chi connectivity index (χ1n) is 5.04. The Morgan fingerprint density at radius 3 is 3.06 bits per heavy atom. The van der Waals surface area contributed by atoms with Crippen molar-refractivity contribution >= 4 is 5.91 Å². The Morgan fingerprint density at radius 2 is 2.44 bits per heavy atom. The lowest BCUT2D eigenvalue weighted by molar-refractivity contribution is -0.121. The van der Waals surface area contributed by atoms with E-state index in [1.807, 2.05) is 0 Å². The molecular weight excluding hydrogens is 213 g/mol. The zero-order valence-corrected chi connectivity index (χ0v) is 8.72. The topological polar surface area (TPSA) is 75.1 Å². The number of carbonyl (C=O) groups is 1. The lowest BCUT2D eigenvalue weighted by atomic mass is 9.88. The number of hydrogen-bond donors (Lipinski definition) is 2. The molecule has 86 valence electrons. The average molecular weight is 225 g/mol. The Balaban J connectivity index is 2.33. The molecule has 2 N–H and O–H groups in total. The van der Waals surface area contributed by atoms with Gasteiger partial charge >= 0.3 is 6.08 Å². The fourth-order valence-corrected chi connectivity index (χ4v) is 1.96. The molecule has 16 heavy (non-hydrogen) atoms. The summed E-state index contributed by atoms with van der Waals surface area (Å²) in [6.45, 7) is 1.99. The molecule has 0 bridgehead atoms. The molecule has 1 saturated heterocycles. The highest BCUT2D eigenvalue weighted by molar-refractivity contribution is 5.85. The first-order valence-corrected chi connectivity index (χ1v) is 5.04. The number of aliphatic hydroxyl groups excluding tert-OH is 1. The smallest absolute Gasteiger partial charge is 0.308 e. The molecule has 1 aliphatic heterocycles. The Labute approximate surface area is 91.7 Å². The number of hydrogen-bond acceptors (Lipinski definition) is 4. The molecule has 1 aromatic heterocycles. The van der Waals surface area contributed by atoms with Gasteiger partial charge in [0, 0.05) is 18.7 Å². The molecule has 0 spiro atoms. The number of rotatable bonds is 2. The lowest BCUT2D eigenvalue weighted by Gasteiger charge is -2.18. The normalized spacial score (nSPS) is 26.6. The number of aliphatic hydroxyl groups is 1. The van der Waals surface area contributed by atoms with Crippen LogP contribution in [0.15, 0.2) is 12.3 Å². The Hall–Kier alpha value is -1.56. The van der Waals surface area contributed by atoms with Crippen molar-refractivity contribution in [3.05, 3.63) is 24.0 Å². The van der Waals surface area contributed by atoms with Crippen LogP contribution in [0.25, 0.3) is 0 Å². The standard InChI is InChI=1S/C10H12FN3O2/c1-5(15)6-4-13-9(16)8(6)7-2-3-12-10(11)14-7/h2-3,5-6,8,15H,4H2,1H3,(H,13,16)/t5-,6?,8+/m0/s1. The largest absolute Gasteiger partial charge is 0.393 e. The number of nitrogens with one attached hydrogen (secondary N) is 1. The highest BCUT2D eigenvalue weighted by Crippen LogP contribution is 2.29. The maximum absolute atomic E-state index is 12.9. The van der Waals surface area contributed by atoms with Gasteiger partial charge in [-0.2, -0.15) is 4.39 Å². The summed E-state index contributed by atoms with van der Waals surface area (Å²) in [5.41, 5.74) is 0.313. The summed E-state index contributed by atoms with van der Waals surface area (Å²) < 4.78 is 12.9. The van der Waals surface area contributed by atoms with Crippen molar-refractivity contribution in [2.75, 3.05) is 6.54 Å². The lowest BCUT2D eigenvalue weighted by Crippen LogP contribution is -2.25. The van der Waals surface area contributed by atoms with Crippen LogP contribution in [0.5, 0.6) is 0 Å². The molecule has 0 saturated carbocycles. The van der Waals surface area contributed by atoms with Crippen LogP contribution < -0.4 is 5.32 Å². The molecular formula is C10H12FN3O2. The van der Waals surface area contributed by atoms with Gasteiger partial charge in [0.25, 0.3) is 0 Å². The fraction of sp³-hybridized carbons (Fsp3) is 0.500. The number of halogens is 1. The van der Waals surface area contributed by atoms with E-state index in [9.17, 15) is 14.3 Å². The van der Waals surface area contributed by atoms with Gasteiger partial charge in [-0.1, -0.05) is 0 Å². The maximum Gasteiger partial charge on any atom is 0.308 e. The molecule has 0 radical (unpaired) electrons. The zero-order chi connectivity index (χ0) is 11.7. The van der Waals surface area contributed by atoms with E-state index in [1.165, 1.54) is 12.3 Å². The zero-order valence-electron chi connectivity index (χ0n) is 8.72. The van der Waals surface area contributed by atoms with Crippen molar-refractivity contribution in [3.63, 3.8) is 0 Å². The highest BCUT2D eigenvalue weighted by Gasteiger charge is 2.39. The summed E-state index contributed by atoms with van der Waals surface area (Å²) in [5.74, 6) is -1.11. The van der Waals surface area contributed by atoms with Crippen LogP contribution in [0.1, 0.15) is 18.5 Å². The van der Waals surface area contributed by atoms with Crippen LogP contribution in [-0.4, -0.2) is 33.6 Å². The van der Waals surface area contributed by atoms with Crippen LogP contribution in [0, 0.1) is 12.0 Å². The van der Waals surface area contributed by atoms with Gasteiger partial charge in [-0.15, -0.1) is 0 Å². The molecule has 6 heteroatoms. The molecule has 2 heterocycles. The van der Waals surface area contributed by atoms with Gasteiger partial charge in [0.05, 0.1) is 17.7 Å². The average Bonchev–Trinajstić information content (AvgIpc) is 2.60. The van der Waals surface area contributed by atoms with E-state index in [0.29, 0.717) is 12.2 Å². The van der Waals surface area contributed by atoms with Crippen molar-refractivity contribution in [3.8, 4) is 0 Å². The summed E-state index contributed by atoms with van der Waals surface area (Å²) in [7, 11) is 0. The van der Waals surface area contributed by atoms with Crippen molar-refractivity contribution in [1.82, 2.24) is 15.3 Å². The summed E-state index contributed by atoms with van der Waals surface area (Å²) in [6, 6.07) is 1.49. The molecule has 1 fully saturated rings. The quantitative estimate of drug-likeness (QED) is 0.685. The number of nitrogens with zero attached hydrogens (tertiary/aromatic N) is 2. The van der Waals surface area contributed by atoms with Gasteiger partial charge < -0.3 is 10.4 Å². The van der Waals surface area contributed by atoms with Gasteiger partial charge in [-0.25, -0.2) is 9.97 Å². The molecule has 5 nitrogen and oxygen atoms in total. The van der Waals surface area contributed by atoms with Crippen LogP contribution in [0.4, 0.5) is 4.39 Å². The molecule has 2 rings (SSSR count). The SMILES string of the molecule is C[C@H](O)C1CNC(=O)[C@H]1c1ccnc(F)n1. The third-order valence-electron chi connectivity index (χ3n) is 2.81. The Morgan fingerprint density at radius 1 is 1.69 bits per heavy atom. The van der Waals surface area contributed by atoms with Crippen molar-refractivity contribution in [1.29, 1.82) is 0 Å². The predicted octanol–water partition coefficient (Wildman–Crippen LogP) is -0.174. The minimum atomic E-state index is -0.860. The summed E-state index contributed by atoms with van der Waals surface area (Å²) in [4.78, 5) is 18.5. The molecule has 0 aromatic carbocycles. The summed E-state index contributed by atoms with van der Waals surface area (Å²) in [5, 5.41) is 12.2. The predicted molar refractivity (Wildman–Crippen MR) is 52.9 cm³/mol. The number of aromatic nitrogens is 2. The van der Waals surface area contributed by atoms with Crippen molar-refractivity contribution in [2.24, 2.45) is 5.92 Å². The molecule has 1 amide bonds. The van der Waals surface area contributed by atoms with Crippen molar-refractivity contribution < 1.29 is 14.3 Å². The van der Waals surface area contributed by atoms with Crippen molar-refractivity contribution in [2.45, 2.75) is 18.9 Å². The monoisotopic (exact) mass is 225 g/mol. The molecule has 3 atom stereocenters. The van der Waals surface area contributed by atoms with E-state index in [2.05, 4.69) is 15.3 Å². The third-order valence-corrected chi connectivity index (χ3v) is 2.81. The van der Waals surface area contributed by atoms with E-state index < -0.39 is 18.1 Å². The highest BCUT2D eigenvalue weighted by atomic mass is 19.1. The summed E-state index contributed by atoms with van der Waals surface area (Å²) in [6.07, 6.45) is -0.244. The van der Waals surface area contributed by atoms with E-state index >= 15 is 0 Å². The first kappa shape index (κ1) is 10.9. The second kappa shape index (κ2) is 4.13. The molecule has 1 aromatic rings. The minimum Gasteiger partial charge on any atom is -0.393 e. The van der Waals surface area contributed by atoms with Gasteiger partial charge in [0.15, 0.2) is 0 Å². The second-order valence-electron chi connectivity index (χ2n) is 3.88. The Bertz CT molecular complexity index is 411. The van der Waals surface area contributed by atoms with Gasteiger partial charge in [0.2, 0.25) is 5.91 Å². The second-order valence-corrected chi connectivity index (χ2v) is 3.88. The van der Waals surface area contributed by atoms with E-state index in [1.54, 1.807) is 6.92 Å². The Kier molecular flexibility index (Phi) is 2.82. The maximum atomic E-state index is 12.9. The number of carbonyl (C=O) groups excluding carboxylic acids is 1. The van der Waals surface area contributed by atoms with Crippen LogP contribution in [0.2, 0.25) is 0 Å². The van der Waals surface area contributed by atoms with E-state index in [0.717, 1.165) is 0 Å². The molecule has 1 aliphatic rings.